The first-order valence-electron chi connectivity index (χ1n) is 4.60. The minimum Gasteiger partial charge on any atom is -0.396 e. The predicted molar refractivity (Wildman–Crippen MR) is 56.9 cm³/mol. The Morgan fingerprint density at radius 2 is 2.23 bits per heavy atom. The summed E-state index contributed by atoms with van der Waals surface area (Å²) in [5, 5.41) is 11.4. The van der Waals surface area contributed by atoms with Crippen LogP contribution in [0, 0.1) is 0 Å². The molecule has 1 unspecified atom stereocenters. The number of aliphatic hydroxyl groups excluding tert-OH is 1. The molecule has 0 aliphatic rings. The van der Waals surface area contributed by atoms with Crippen LogP contribution in [0.5, 0.6) is 0 Å². The molecule has 0 aromatic rings. The van der Waals surface area contributed by atoms with Crippen molar-refractivity contribution in [3.8, 4) is 0 Å². The van der Waals surface area contributed by atoms with Gasteiger partial charge < -0.3 is 10.4 Å². The van der Waals surface area contributed by atoms with Crippen molar-refractivity contribution in [2.45, 2.75) is 32.2 Å². The molecule has 0 aliphatic heterocycles. The molecule has 3 nitrogen and oxygen atoms in total. The lowest BCUT2D eigenvalue weighted by molar-refractivity contribution is -0.121. The van der Waals surface area contributed by atoms with E-state index >= 15 is 0 Å². The zero-order chi connectivity index (χ0) is 10.1. The molecule has 0 rings (SSSR count). The zero-order valence-electron chi connectivity index (χ0n) is 8.38. The SMILES string of the molecule is CSCC(C)NC(=O)CCCCO. The van der Waals surface area contributed by atoms with E-state index in [0.717, 1.165) is 12.2 Å². The zero-order valence-corrected chi connectivity index (χ0v) is 9.19. The fourth-order valence-corrected chi connectivity index (χ4v) is 1.62. The normalized spacial score (nSPS) is 12.5. The van der Waals surface area contributed by atoms with E-state index in [4.69, 9.17) is 5.11 Å². The number of aliphatic hydroxyl groups is 1. The lowest BCUT2D eigenvalue weighted by Crippen LogP contribution is -2.33. The maximum atomic E-state index is 11.2. The molecular formula is C9H19NO2S. The molecule has 1 atom stereocenters. The second-order valence-corrected chi connectivity index (χ2v) is 4.02. The molecule has 13 heavy (non-hydrogen) atoms. The summed E-state index contributed by atoms with van der Waals surface area (Å²) >= 11 is 1.73. The molecule has 0 heterocycles. The van der Waals surface area contributed by atoms with Crippen LogP contribution in [0.3, 0.4) is 0 Å². The summed E-state index contributed by atoms with van der Waals surface area (Å²) in [6.45, 7) is 2.17. The molecule has 1 amide bonds. The highest BCUT2D eigenvalue weighted by Gasteiger charge is 2.05. The van der Waals surface area contributed by atoms with E-state index in [-0.39, 0.29) is 18.6 Å². The highest BCUT2D eigenvalue weighted by Crippen LogP contribution is 1.98. The van der Waals surface area contributed by atoms with Gasteiger partial charge in [0.1, 0.15) is 0 Å². The third-order valence-electron chi connectivity index (χ3n) is 1.64. The first-order valence-corrected chi connectivity index (χ1v) is 5.99. The van der Waals surface area contributed by atoms with Crippen molar-refractivity contribution in [1.29, 1.82) is 0 Å². The second kappa shape index (κ2) is 8.38. The van der Waals surface area contributed by atoms with Gasteiger partial charge in [0.15, 0.2) is 0 Å². The van der Waals surface area contributed by atoms with Crippen LogP contribution in [-0.4, -0.2) is 35.7 Å². The summed E-state index contributed by atoms with van der Waals surface area (Å²) in [4.78, 5) is 11.2. The highest BCUT2D eigenvalue weighted by molar-refractivity contribution is 7.98. The van der Waals surface area contributed by atoms with Crippen LogP contribution in [0.15, 0.2) is 0 Å². The number of amides is 1. The average molecular weight is 205 g/mol. The van der Waals surface area contributed by atoms with Crippen molar-refractivity contribution in [2.75, 3.05) is 18.6 Å². The van der Waals surface area contributed by atoms with E-state index in [1.54, 1.807) is 11.8 Å². The maximum Gasteiger partial charge on any atom is 0.220 e. The van der Waals surface area contributed by atoms with E-state index in [1.807, 2.05) is 13.2 Å². The number of carbonyl (C=O) groups is 1. The Hall–Kier alpha value is -0.220. The van der Waals surface area contributed by atoms with Gasteiger partial charge in [-0.25, -0.2) is 0 Å². The molecule has 0 radical (unpaired) electrons. The molecule has 78 valence electrons. The molecule has 2 N–H and O–H groups in total. The standard InChI is InChI=1S/C9H19NO2S/c1-8(7-13-2)10-9(12)5-3-4-6-11/h8,11H,3-7H2,1-2H3,(H,10,12). The van der Waals surface area contributed by atoms with Crippen molar-refractivity contribution in [2.24, 2.45) is 0 Å². The van der Waals surface area contributed by atoms with Crippen molar-refractivity contribution in [3.05, 3.63) is 0 Å². The van der Waals surface area contributed by atoms with Gasteiger partial charge >= 0.3 is 0 Å². The number of thioether (sulfide) groups is 1. The van der Waals surface area contributed by atoms with Crippen molar-refractivity contribution >= 4 is 17.7 Å². The van der Waals surface area contributed by atoms with Gasteiger partial charge in [0.05, 0.1) is 0 Å². The van der Waals surface area contributed by atoms with E-state index in [1.165, 1.54) is 0 Å². The maximum absolute atomic E-state index is 11.2. The Morgan fingerprint density at radius 1 is 1.54 bits per heavy atom. The minimum absolute atomic E-state index is 0.0926. The van der Waals surface area contributed by atoms with Crippen LogP contribution < -0.4 is 5.32 Å². The summed E-state index contributed by atoms with van der Waals surface area (Å²) in [6.07, 6.45) is 4.03. The smallest absolute Gasteiger partial charge is 0.220 e. The number of hydrogen-bond acceptors (Lipinski definition) is 3. The molecule has 0 fully saturated rings. The summed E-state index contributed by atoms with van der Waals surface area (Å²) in [6, 6.07) is 0.247. The first-order chi connectivity index (χ1) is 6.20. The fourth-order valence-electron chi connectivity index (χ4n) is 1.04. The summed E-state index contributed by atoms with van der Waals surface area (Å²) in [7, 11) is 0. The number of unbranched alkanes of at least 4 members (excludes halogenated alkanes) is 1. The van der Waals surface area contributed by atoms with E-state index < -0.39 is 0 Å². The molecular weight excluding hydrogens is 186 g/mol. The van der Waals surface area contributed by atoms with Crippen LogP contribution >= 0.6 is 11.8 Å². The molecule has 0 aliphatic carbocycles. The van der Waals surface area contributed by atoms with E-state index in [0.29, 0.717) is 12.8 Å². The lowest BCUT2D eigenvalue weighted by atomic mass is 10.2. The Kier molecular flexibility index (Phi) is 8.24. The highest BCUT2D eigenvalue weighted by atomic mass is 32.2. The van der Waals surface area contributed by atoms with Gasteiger partial charge in [0.25, 0.3) is 0 Å². The molecule has 4 heteroatoms. The second-order valence-electron chi connectivity index (χ2n) is 3.10. The number of hydrogen-bond donors (Lipinski definition) is 2. The topological polar surface area (TPSA) is 49.3 Å². The van der Waals surface area contributed by atoms with Crippen LogP contribution in [-0.2, 0) is 4.79 Å². The quantitative estimate of drug-likeness (QED) is 0.610. The first kappa shape index (κ1) is 12.8. The van der Waals surface area contributed by atoms with Crippen LogP contribution in [0.4, 0.5) is 0 Å². The molecule has 0 bridgehead atoms. The number of rotatable bonds is 7. The molecule has 0 saturated carbocycles. The van der Waals surface area contributed by atoms with Crippen LogP contribution in [0.1, 0.15) is 26.2 Å². The molecule has 0 saturated heterocycles. The van der Waals surface area contributed by atoms with Crippen molar-refractivity contribution < 1.29 is 9.90 Å². The molecule has 0 spiro atoms. The average Bonchev–Trinajstić information content (AvgIpc) is 2.05. The van der Waals surface area contributed by atoms with E-state index in [9.17, 15) is 4.79 Å². The molecule has 0 aromatic heterocycles. The summed E-state index contributed by atoms with van der Waals surface area (Å²) < 4.78 is 0. The minimum atomic E-state index is 0.0926. The van der Waals surface area contributed by atoms with Crippen molar-refractivity contribution in [3.63, 3.8) is 0 Å². The largest absolute Gasteiger partial charge is 0.396 e. The van der Waals surface area contributed by atoms with Crippen LogP contribution in [0.25, 0.3) is 0 Å². The summed E-state index contributed by atoms with van der Waals surface area (Å²) in [5.41, 5.74) is 0. The third kappa shape index (κ3) is 8.12. The Bertz CT molecular complexity index is 142. The summed E-state index contributed by atoms with van der Waals surface area (Å²) in [5.74, 6) is 1.04. The fraction of sp³-hybridized carbons (Fsp3) is 0.889. The Balaban J connectivity index is 3.38. The number of carbonyl (C=O) groups excluding carboxylic acids is 1. The van der Waals surface area contributed by atoms with Gasteiger partial charge in [-0.1, -0.05) is 0 Å². The Labute approximate surface area is 84.3 Å². The van der Waals surface area contributed by atoms with Crippen LogP contribution in [0.2, 0.25) is 0 Å². The van der Waals surface area contributed by atoms with Gasteiger partial charge in [-0.3, -0.25) is 4.79 Å². The number of nitrogens with one attached hydrogen (secondary N) is 1. The predicted octanol–water partition coefficient (Wildman–Crippen LogP) is 1.02. The molecule has 0 aromatic carbocycles. The monoisotopic (exact) mass is 205 g/mol. The van der Waals surface area contributed by atoms with Gasteiger partial charge in [0, 0.05) is 24.8 Å². The van der Waals surface area contributed by atoms with Gasteiger partial charge in [-0.2, -0.15) is 11.8 Å². The van der Waals surface area contributed by atoms with Gasteiger partial charge in [0.2, 0.25) is 5.91 Å². The Morgan fingerprint density at radius 3 is 2.77 bits per heavy atom. The lowest BCUT2D eigenvalue weighted by Gasteiger charge is -2.11. The van der Waals surface area contributed by atoms with Crippen molar-refractivity contribution in [1.82, 2.24) is 5.32 Å². The van der Waals surface area contributed by atoms with E-state index in [2.05, 4.69) is 5.32 Å². The third-order valence-corrected chi connectivity index (χ3v) is 2.47. The van der Waals surface area contributed by atoms with Gasteiger partial charge in [-0.15, -0.1) is 0 Å². The van der Waals surface area contributed by atoms with Gasteiger partial charge in [-0.05, 0) is 26.0 Å².